The van der Waals surface area contributed by atoms with E-state index in [9.17, 15) is 5.11 Å². The van der Waals surface area contributed by atoms with Crippen molar-refractivity contribution >= 4 is 0 Å². The topological polar surface area (TPSA) is 60.4 Å². The van der Waals surface area contributed by atoms with Gasteiger partial charge in [0.05, 0.1) is 39.1 Å². The Bertz CT molecular complexity index is 505. The van der Waals surface area contributed by atoms with E-state index in [0.29, 0.717) is 32.9 Å². The van der Waals surface area contributed by atoms with Crippen molar-refractivity contribution in [3.8, 4) is 11.5 Å². The Hall–Kier alpha value is -1.34. The maximum atomic E-state index is 10.1. The van der Waals surface area contributed by atoms with Gasteiger partial charge in [-0.25, -0.2) is 0 Å². The van der Waals surface area contributed by atoms with Crippen molar-refractivity contribution in [2.45, 2.75) is 38.5 Å². The standard InChI is InChI=1S/C19H31NO5/c1-4-24-18-8-7-15(10-19(18)22-3)11-20(2)12-16(21)13-23-14-17-6-5-9-25-17/h7-8,10,16-17,21H,4-6,9,11-14H2,1-3H3/t16-,17+/m0/s1. The molecular weight excluding hydrogens is 322 g/mol. The van der Waals surface area contributed by atoms with Gasteiger partial charge in [-0.3, -0.25) is 4.90 Å². The molecular formula is C19H31NO5. The molecule has 2 atom stereocenters. The van der Waals surface area contributed by atoms with Crippen LogP contribution in [0.1, 0.15) is 25.3 Å². The molecule has 1 saturated heterocycles. The number of aliphatic hydroxyl groups is 1. The van der Waals surface area contributed by atoms with E-state index in [2.05, 4.69) is 4.90 Å². The van der Waals surface area contributed by atoms with E-state index in [0.717, 1.165) is 36.5 Å². The van der Waals surface area contributed by atoms with E-state index >= 15 is 0 Å². The Morgan fingerprint density at radius 2 is 2.20 bits per heavy atom. The highest BCUT2D eigenvalue weighted by molar-refractivity contribution is 5.42. The van der Waals surface area contributed by atoms with Crippen molar-refractivity contribution < 1.29 is 24.1 Å². The van der Waals surface area contributed by atoms with Crippen LogP contribution in [-0.2, 0) is 16.0 Å². The van der Waals surface area contributed by atoms with Crippen molar-refractivity contribution in [3.05, 3.63) is 23.8 Å². The summed E-state index contributed by atoms with van der Waals surface area (Å²) >= 11 is 0. The average molecular weight is 353 g/mol. The van der Waals surface area contributed by atoms with Gasteiger partial charge < -0.3 is 24.1 Å². The van der Waals surface area contributed by atoms with Crippen LogP contribution in [0, 0.1) is 0 Å². The van der Waals surface area contributed by atoms with Gasteiger partial charge in [0.1, 0.15) is 0 Å². The van der Waals surface area contributed by atoms with E-state index in [-0.39, 0.29) is 6.10 Å². The molecule has 0 aliphatic carbocycles. The molecule has 0 saturated carbocycles. The molecule has 1 N–H and O–H groups in total. The molecule has 1 aliphatic heterocycles. The smallest absolute Gasteiger partial charge is 0.161 e. The molecule has 0 unspecified atom stereocenters. The van der Waals surface area contributed by atoms with Gasteiger partial charge in [0.25, 0.3) is 0 Å². The van der Waals surface area contributed by atoms with Crippen molar-refractivity contribution in [2.75, 3.05) is 47.1 Å². The number of hydrogen-bond donors (Lipinski definition) is 1. The molecule has 6 nitrogen and oxygen atoms in total. The van der Waals surface area contributed by atoms with E-state index in [1.165, 1.54) is 0 Å². The van der Waals surface area contributed by atoms with Gasteiger partial charge in [-0.1, -0.05) is 6.07 Å². The molecule has 1 aromatic rings. The quantitative estimate of drug-likeness (QED) is 0.657. The molecule has 6 heteroatoms. The molecule has 142 valence electrons. The number of benzene rings is 1. The van der Waals surface area contributed by atoms with Crippen LogP contribution in [0.2, 0.25) is 0 Å². The van der Waals surface area contributed by atoms with Gasteiger partial charge >= 0.3 is 0 Å². The first-order chi connectivity index (χ1) is 12.1. The van der Waals surface area contributed by atoms with E-state index in [4.69, 9.17) is 18.9 Å². The third kappa shape index (κ3) is 6.82. The second-order valence-electron chi connectivity index (χ2n) is 6.44. The molecule has 0 radical (unpaired) electrons. The SMILES string of the molecule is CCOc1ccc(CN(C)C[C@H](O)COC[C@H]2CCCO2)cc1OC. The average Bonchev–Trinajstić information content (AvgIpc) is 3.09. The predicted molar refractivity (Wildman–Crippen MR) is 96.3 cm³/mol. The fraction of sp³-hybridized carbons (Fsp3) is 0.684. The van der Waals surface area contributed by atoms with Crippen LogP contribution in [-0.4, -0.2) is 69.3 Å². The highest BCUT2D eigenvalue weighted by atomic mass is 16.5. The summed E-state index contributed by atoms with van der Waals surface area (Å²) < 4.78 is 22.0. The van der Waals surface area contributed by atoms with E-state index in [1.54, 1.807) is 7.11 Å². The lowest BCUT2D eigenvalue weighted by atomic mass is 10.2. The zero-order valence-corrected chi connectivity index (χ0v) is 15.6. The predicted octanol–water partition coefficient (Wildman–Crippen LogP) is 2.08. The monoisotopic (exact) mass is 353 g/mol. The van der Waals surface area contributed by atoms with E-state index < -0.39 is 6.10 Å². The zero-order chi connectivity index (χ0) is 18.1. The number of rotatable bonds is 11. The van der Waals surface area contributed by atoms with Crippen molar-refractivity contribution in [1.29, 1.82) is 0 Å². The van der Waals surface area contributed by atoms with E-state index in [1.807, 2.05) is 32.2 Å². The van der Waals surface area contributed by atoms with Crippen LogP contribution < -0.4 is 9.47 Å². The molecule has 2 rings (SSSR count). The van der Waals surface area contributed by atoms with Gasteiger partial charge in [-0.15, -0.1) is 0 Å². The zero-order valence-electron chi connectivity index (χ0n) is 15.6. The van der Waals surface area contributed by atoms with Crippen LogP contribution in [0.25, 0.3) is 0 Å². The van der Waals surface area contributed by atoms with Crippen LogP contribution in [0.5, 0.6) is 11.5 Å². The summed E-state index contributed by atoms with van der Waals surface area (Å²) in [7, 11) is 3.62. The lowest BCUT2D eigenvalue weighted by Gasteiger charge is -2.21. The molecule has 0 amide bonds. The molecule has 0 bridgehead atoms. The van der Waals surface area contributed by atoms with Gasteiger partial charge in [0.15, 0.2) is 11.5 Å². The molecule has 25 heavy (non-hydrogen) atoms. The summed E-state index contributed by atoms with van der Waals surface area (Å²) in [5, 5.41) is 10.1. The van der Waals surface area contributed by atoms with Crippen LogP contribution in [0.15, 0.2) is 18.2 Å². The van der Waals surface area contributed by atoms with Gasteiger partial charge in [-0.2, -0.15) is 0 Å². The summed E-state index contributed by atoms with van der Waals surface area (Å²) in [6, 6.07) is 5.92. The van der Waals surface area contributed by atoms with Gasteiger partial charge in [-0.05, 0) is 44.5 Å². The fourth-order valence-corrected chi connectivity index (χ4v) is 2.99. The van der Waals surface area contributed by atoms with Gasteiger partial charge in [0, 0.05) is 19.7 Å². The lowest BCUT2D eigenvalue weighted by molar-refractivity contribution is -0.0238. The number of hydrogen-bond acceptors (Lipinski definition) is 6. The molecule has 1 aromatic carbocycles. The molecule has 1 aliphatic rings. The molecule has 0 spiro atoms. The number of likely N-dealkylation sites (N-methyl/N-ethyl adjacent to an activating group) is 1. The largest absolute Gasteiger partial charge is 0.493 e. The Morgan fingerprint density at radius 3 is 2.88 bits per heavy atom. The molecule has 1 fully saturated rings. The van der Waals surface area contributed by atoms with Crippen molar-refractivity contribution in [3.63, 3.8) is 0 Å². The summed E-state index contributed by atoms with van der Waals surface area (Å²) in [6.07, 6.45) is 1.83. The first-order valence-corrected chi connectivity index (χ1v) is 8.98. The minimum Gasteiger partial charge on any atom is -0.493 e. The second-order valence-corrected chi connectivity index (χ2v) is 6.44. The normalized spacial score (nSPS) is 18.5. The summed E-state index contributed by atoms with van der Waals surface area (Å²) in [5.41, 5.74) is 1.11. The van der Waals surface area contributed by atoms with Crippen LogP contribution in [0.3, 0.4) is 0 Å². The Kier molecular flexibility index (Phi) is 8.48. The highest BCUT2D eigenvalue weighted by Crippen LogP contribution is 2.28. The summed E-state index contributed by atoms with van der Waals surface area (Å²) in [6.45, 7) is 5.53. The highest BCUT2D eigenvalue weighted by Gasteiger charge is 2.17. The number of ether oxygens (including phenoxy) is 4. The molecule has 1 heterocycles. The number of methoxy groups -OCH3 is 1. The van der Waals surface area contributed by atoms with Crippen LogP contribution in [0.4, 0.5) is 0 Å². The van der Waals surface area contributed by atoms with Gasteiger partial charge in [0.2, 0.25) is 0 Å². The van der Waals surface area contributed by atoms with Crippen molar-refractivity contribution in [2.24, 2.45) is 0 Å². The number of nitrogens with zero attached hydrogens (tertiary/aromatic N) is 1. The Morgan fingerprint density at radius 1 is 1.36 bits per heavy atom. The number of aliphatic hydroxyl groups excluding tert-OH is 1. The van der Waals surface area contributed by atoms with Crippen LogP contribution >= 0.6 is 0 Å². The fourth-order valence-electron chi connectivity index (χ4n) is 2.99. The minimum absolute atomic E-state index is 0.196. The summed E-state index contributed by atoms with van der Waals surface area (Å²) in [5.74, 6) is 1.48. The maximum Gasteiger partial charge on any atom is 0.161 e. The second kappa shape index (κ2) is 10.6. The minimum atomic E-state index is -0.518. The third-order valence-corrected chi connectivity index (χ3v) is 4.14. The lowest BCUT2D eigenvalue weighted by Crippen LogP contribution is -2.32. The first-order valence-electron chi connectivity index (χ1n) is 8.98. The third-order valence-electron chi connectivity index (χ3n) is 4.14. The van der Waals surface area contributed by atoms with Crippen molar-refractivity contribution in [1.82, 2.24) is 4.90 Å². The molecule has 0 aromatic heterocycles. The first kappa shape index (κ1) is 20.0. The maximum absolute atomic E-state index is 10.1. The summed E-state index contributed by atoms with van der Waals surface area (Å²) in [4.78, 5) is 2.06. The Labute approximate surface area is 150 Å². The Balaban J connectivity index is 1.73.